The highest BCUT2D eigenvalue weighted by Gasteiger charge is 2.29. The maximum Gasteiger partial charge on any atom is 0.238 e. The molecule has 1 heterocycles. The molecule has 2 unspecified atom stereocenters. The predicted octanol–water partition coefficient (Wildman–Crippen LogP) is -0.833. The summed E-state index contributed by atoms with van der Waals surface area (Å²) in [5.41, 5.74) is 0. The average Bonchev–Trinajstić information content (AvgIpc) is 2.38. The lowest BCUT2D eigenvalue weighted by atomic mass is 10.1. The highest BCUT2D eigenvalue weighted by molar-refractivity contribution is 5.83. The van der Waals surface area contributed by atoms with Crippen LogP contribution in [0.1, 0.15) is 20.8 Å². The summed E-state index contributed by atoms with van der Waals surface area (Å²) < 4.78 is 0. The third kappa shape index (κ3) is 4.80. The molecule has 6 nitrogen and oxygen atoms in total. The van der Waals surface area contributed by atoms with Gasteiger partial charge in [0.1, 0.15) is 6.04 Å². The fourth-order valence-corrected chi connectivity index (χ4v) is 2.01. The minimum atomic E-state index is -0.265. The van der Waals surface area contributed by atoms with Crippen LogP contribution in [0.3, 0.4) is 0 Å². The van der Waals surface area contributed by atoms with Crippen molar-refractivity contribution in [2.24, 2.45) is 5.92 Å². The minimum absolute atomic E-state index is 0.0167. The number of likely N-dealkylation sites (N-methyl/N-ethyl adjacent to an activating group) is 1. The summed E-state index contributed by atoms with van der Waals surface area (Å²) in [7, 11) is 1.62. The molecule has 0 aliphatic carbocycles. The van der Waals surface area contributed by atoms with Gasteiger partial charge in [0.15, 0.2) is 0 Å². The third-order valence-corrected chi connectivity index (χ3v) is 3.64. The van der Waals surface area contributed by atoms with E-state index in [1.807, 2.05) is 11.8 Å². The fourth-order valence-electron chi connectivity index (χ4n) is 2.01. The summed E-state index contributed by atoms with van der Waals surface area (Å²) in [6, 6.07) is -0.118. The van der Waals surface area contributed by atoms with Gasteiger partial charge in [-0.1, -0.05) is 13.8 Å². The van der Waals surface area contributed by atoms with Gasteiger partial charge in [0, 0.05) is 32.7 Å². The van der Waals surface area contributed by atoms with Crippen molar-refractivity contribution in [1.29, 1.82) is 0 Å². The molecule has 0 saturated carbocycles. The second kappa shape index (κ2) is 7.45. The molecule has 1 aliphatic rings. The molecule has 0 aromatic rings. The van der Waals surface area contributed by atoms with Crippen LogP contribution in [0.15, 0.2) is 0 Å². The number of carbonyl (C=O) groups is 2. The first kappa shape index (κ1) is 15.9. The Morgan fingerprint density at radius 1 is 1.37 bits per heavy atom. The van der Waals surface area contributed by atoms with E-state index in [9.17, 15) is 9.59 Å². The van der Waals surface area contributed by atoms with Gasteiger partial charge in [-0.25, -0.2) is 0 Å². The topological polar surface area (TPSA) is 73.5 Å². The Balaban J connectivity index is 2.52. The van der Waals surface area contributed by atoms with Crippen molar-refractivity contribution in [2.75, 3.05) is 33.2 Å². The summed E-state index contributed by atoms with van der Waals surface area (Å²) in [5.74, 6) is 0.343. The molecule has 3 N–H and O–H groups in total. The molecule has 2 atom stereocenters. The number of carbonyl (C=O) groups excluding carboxylic acids is 2. The van der Waals surface area contributed by atoms with Crippen LogP contribution in [0.4, 0.5) is 0 Å². The minimum Gasteiger partial charge on any atom is -0.358 e. The van der Waals surface area contributed by atoms with E-state index in [4.69, 9.17) is 0 Å². The van der Waals surface area contributed by atoms with Crippen molar-refractivity contribution in [3.8, 4) is 0 Å². The molecule has 19 heavy (non-hydrogen) atoms. The van der Waals surface area contributed by atoms with Crippen molar-refractivity contribution >= 4 is 11.8 Å². The molecule has 0 bridgehead atoms. The van der Waals surface area contributed by atoms with Gasteiger partial charge in [-0.15, -0.1) is 0 Å². The Morgan fingerprint density at radius 2 is 2.05 bits per heavy atom. The van der Waals surface area contributed by atoms with Gasteiger partial charge in [0.2, 0.25) is 11.8 Å². The molecule has 1 fully saturated rings. The highest BCUT2D eigenvalue weighted by Crippen LogP contribution is 2.04. The van der Waals surface area contributed by atoms with E-state index in [-0.39, 0.29) is 30.4 Å². The SMILES string of the molecule is CNC(=O)C1CNCCN1CC(=O)NC(C)C(C)C. The Hall–Kier alpha value is -1.14. The van der Waals surface area contributed by atoms with Gasteiger partial charge < -0.3 is 16.0 Å². The second-order valence-electron chi connectivity index (χ2n) is 5.40. The smallest absolute Gasteiger partial charge is 0.238 e. The van der Waals surface area contributed by atoms with Gasteiger partial charge in [0.05, 0.1) is 6.54 Å². The van der Waals surface area contributed by atoms with Crippen molar-refractivity contribution in [3.63, 3.8) is 0 Å². The number of hydrogen-bond acceptors (Lipinski definition) is 4. The summed E-state index contributed by atoms with van der Waals surface area (Å²) in [5, 5.41) is 8.79. The summed E-state index contributed by atoms with van der Waals surface area (Å²) in [4.78, 5) is 25.7. The molecular formula is C13H26N4O2. The summed E-state index contributed by atoms with van der Waals surface area (Å²) >= 11 is 0. The Kier molecular flexibility index (Phi) is 6.24. The second-order valence-corrected chi connectivity index (χ2v) is 5.40. The monoisotopic (exact) mass is 270 g/mol. The Labute approximate surface area is 115 Å². The van der Waals surface area contributed by atoms with Gasteiger partial charge >= 0.3 is 0 Å². The Bertz CT molecular complexity index is 320. The van der Waals surface area contributed by atoms with Crippen LogP contribution >= 0.6 is 0 Å². The van der Waals surface area contributed by atoms with E-state index in [1.54, 1.807) is 7.05 Å². The van der Waals surface area contributed by atoms with E-state index in [0.29, 0.717) is 19.0 Å². The van der Waals surface area contributed by atoms with Gasteiger partial charge in [-0.3, -0.25) is 14.5 Å². The zero-order valence-electron chi connectivity index (χ0n) is 12.3. The van der Waals surface area contributed by atoms with Crippen LogP contribution in [0.2, 0.25) is 0 Å². The zero-order valence-corrected chi connectivity index (χ0v) is 12.3. The third-order valence-electron chi connectivity index (χ3n) is 3.64. The van der Waals surface area contributed by atoms with Gasteiger partial charge in [0.25, 0.3) is 0 Å². The van der Waals surface area contributed by atoms with E-state index in [2.05, 4.69) is 29.8 Å². The Morgan fingerprint density at radius 3 is 2.63 bits per heavy atom. The van der Waals surface area contributed by atoms with Crippen LogP contribution in [0.25, 0.3) is 0 Å². The number of nitrogens with zero attached hydrogens (tertiary/aromatic N) is 1. The van der Waals surface area contributed by atoms with Crippen LogP contribution in [-0.2, 0) is 9.59 Å². The quantitative estimate of drug-likeness (QED) is 0.609. The largest absolute Gasteiger partial charge is 0.358 e. The van der Waals surface area contributed by atoms with Crippen molar-refractivity contribution in [1.82, 2.24) is 20.9 Å². The highest BCUT2D eigenvalue weighted by atomic mass is 16.2. The zero-order chi connectivity index (χ0) is 14.4. The predicted molar refractivity (Wildman–Crippen MR) is 74.7 cm³/mol. The molecule has 0 radical (unpaired) electrons. The summed E-state index contributed by atoms with van der Waals surface area (Å²) in [6.45, 7) is 8.52. The van der Waals surface area contributed by atoms with Crippen molar-refractivity contribution < 1.29 is 9.59 Å². The van der Waals surface area contributed by atoms with Crippen LogP contribution in [-0.4, -0.2) is 62.0 Å². The first-order chi connectivity index (χ1) is 8.95. The van der Waals surface area contributed by atoms with Crippen molar-refractivity contribution in [2.45, 2.75) is 32.9 Å². The lowest BCUT2D eigenvalue weighted by Crippen LogP contribution is -2.59. The van der Waals surface area contributed by atoms with Crippen LogP contribution < -0.4 is 16.0 Å². The number of hydrogen-bond donors (Lipinski definition) is 3. The first-order valence-corrected chi connectivity index (χ1v) is 6.91. The molecule has 0 spiro atoms. The van der Waals surface area contributed by atoms with Gasteiger partial charge in [-0.2, -0.15) is 0 Å². The average molecular weight is 270 g/mol. The normalized spacial score (nSPS) is 22.1. The molecule has 6 heteroatoms. The van der Waals surface area contributed by atoms with E-state index in [0.717, 1.165) is 6.54 Å². The maximum absolute atomic E-state index is 12.0. The van der Waals surface area contributed by atoms with E-state index < -0.39 is 0 Å². The lowest BCUT2D eigenvalue weighted by molar-refractivity contribution is -0.129. The molecule has 1 saturated heterocycles. The molecule has 1 rings (SSSR count). The lowest BCUT2D eigenvalue weighted by Gasteiger charge is -2.34. The molecule has 0 aromatic heterocycles. The molecule has 110 valence electrons. The van der Waals surface area contributed by atoms with Gasteiger partial charge in [-0.05, 0) is 12.8 Å². The number of amides is 2. The number of rotatable bonds is 5. The maximum atomic E-state index is 12.0. The number of piperazine rings is 1. The first-order valence-electron chi connectivity index (χ1n) is 6.91. The standard InChI is InChI=1S/C13H26N4O2/c1-9(2)10(3)16-12(18)8-17-6-5-15-7-11(17)13(19)14-4/h9-11,15H,5-8H2,1-4H3,(H,14,19)(H,16,18). The van der Waals surface area contributed by atoms with E-state index in [1.165, 1.54) is 0 Å². The molecular weight excluding hydrogens is 244 g/mol. The van der Waals surface area contributed by atoms with Crippen molar-refractivity contribution in [3.05, 3.63) is 0 Å². The molecule has 0 aromatic carbocycles. The van der Waals surface area contributed by atoms with E-state index >= 15 is 0 Å². The fraction of sp³-hybridized carbons (Fsp3) is 0.846. The van der Waals surface area contributed by atoms with Crippen LogP contribution in [0, 0.1) is 5.92 Å². The van der Waals surface area contributed by atoms with Crippen LogP contribution in [0.5, 0.6) is 0 Å². The molecule has 1 aliphatic heterocycles. The summed E-state index contributed by atoms with van der Waals surface area (Å²) in [6.07, 6.45) is 0. The molecule has 2 amide bonds. The number of nitrogens with one attached hydrogen (secondary N) is 3.